The number of carbonyl (C=O) groups excluding carboxylic acids is 2. The summed E-state index contributed by atoms with van der Waals surface area (Å²) in [5.74, 6) is 0.851. The SMILES string of the molecule is CCCOc1cc(C=O)cc2c1OC(C)(C)C(=O)N2C. The van der Waals surface area contributed by atoms with Crippen LogP contribution in [0.5, 0.6) is 11.5 Å². The molecule has 1 amide bonds. The molecule has 5 heteroatoms. The maximum atomic E-state index is 12.2. The van der Waals surface area contributed by atoms with Crippen LogP contribution in [0.4, 0.5) is 5.69 Å². The predicted octanol–water partition coefficient (Wildman–Crippen LogP) is 2.42. The van der Waals surface area contributed by atoms with E-state index in [4.69, 9.17) is 9.47 Å². The minimum atomic E-state index is -0.950. The molecule has 0 radical (unpaired) electrons. The molecule has 0 atom stereocenters. The molecular formula is C15H19NO4. The number of aldehydes is 1. The van der Waals surface area contributed by atoms with Crippen LogP contribution in [0.2, 0.25) is 0 Å². The number of ether oxygens (including phenoxy) is 2. The summed E-state index contributed by atoms with van der Waals surface area (Å²) in [5, 5.41) is 0. The van der Waals surface area contributed by atoms with Crippen LogP contribution in [-0.2, 0) is 4.79 Å². The molecule has 1 aliphatic heterocycles. The van der Waals surface area contributed by atoms with E-state index in [2.05, 4.69) is 0 Å². The summed E-state index contributed by atoms with van der Waals surface area (Å²) in [6.45, 7) is 5.95. The minimum absolute atomic E-state index is 0.158. The molecule has 0 spiro atoms. The first-order chi connectivity index (χ1) is 9.40. The van der Waals surface area contributed by atoms with E-state index >= 15 is 0 Å². The predicted molar refractivity (Wildman–Crippen MR) is 75.7 cm³/mol. The minimum Gasteiger partial charge on any atom is -0.490 e. The molecule has 1 aliphatic rings. The summed E-state index contributed by atoms with van der Waals surface area (Å²) >= 11 is 0. The molecule has 0 fully saturated rings. The normalized spacial score (nSPS) is 16.4. The van der Waals surface area contributed by atoms with Crippen molar-refractivity contribution >= 4 is 17.9 Å². The van der Waals surface area contributed by atoms with Gasteiger partial charge in [-0.1, -0.05) is 6.92 Å². The van der Waals surface area contributed by atoms with Gasteiger partial charge in [-0.3, -0.25) is 9.59 Å². The second kappa shape index (κ2) is 5.15. The average Bonchev–Trinajstić information content (AvgIpc) is 2.42. The standard InChI is InChI=1S/C15H19NO4/c1-5-6-19-12-8-10(9-17)7-11-13(12)20-15(2,3)14(18)16(11)4/h7-9H,5-6H2,1-4H3. The highest BCUT2D eigenvalue weighted by atomic mass is 16.5. The van der Waals surface area contributed by atoms with Gasteiger partial charge in [0.05, 0.1) is 12.3 Å². The van der Waals surface area contributed by atoms with Crippen LogP contribution in [0, 0.1) is 0 Å². The monoisotopic (exact) mass is 277 g/mol. The van der Waals surface area contributed by atoms with Crippen molar-refractivity contribution in [2.75, 3.05) is 18.6 Å². The van der Waals surface area contributed by atoms with Crippen molar-refractivity contribution in [2.45, 2.75) is 32.8 Å². The highest BCUT2D eigenvalue weighted by Crippen LogP contribution is 2.44. The average molecular weight is 277 g/mol. The van der Waals surface area contributed by atoms with Gasteiger partial charge in [0.1, 0.15) is 6.29 Å². The molecule has 0 aliphatic carbocycles. The van der Waals surface area contributed by atoms with Crippen LogP contribution in [0.15, 0.2) is 12.1 Å². The van der Waals surface area contributed by atoms with E-state index in [0.717, 1.165) is 12.7 Å². The number of nitrogens with zero attached hydrogens (tertiary/aromatic N) is 1. The number of hydrogen-bond acceptors (Lipinski definition) is 4. The summed E-state index contributed by atoms with van der Waals surface area (Å²) in [5.41, 5.74) is 0.0669. The van der Waals surface area contributed by atoms with Crippen molar-refractivity contribution in [3.63, 3.8) is 0 Å². The van der Waals surface area contributed by atoms with E-state index in [-0.39, 0.29) is 5.91 Å². The van der Waals surface area contributed by atoms with Gasteiger partial charge in [-0.2, -0.15) is 0 Å². The molecule has 20 heavy (non-hydrogen) atoms. The third-order valence-corrected chi connectivity index (χ3v) is 3.19. The summed E-state index contributed by atoms with van der Waals surface area (Å²) in [4.78, 5) is 24.7. The lowest BCUT2D eigenvalue weighted by atomic mass is 10.0. The molecule has 0 bridgehead atoms. The highest BCUT2D eigenvalue weighted by Gasteiger charge is 2.40. The Kier molecular flexibility index (Phi) is 3.70. The maximum Gasteiger partial charge on any atom is 0.270 e. The summed E-state index contributed by atoms with van der Waals surface area (Å²) in [7, 11) is 1.67. The molecule has 0 aromatic heterocycles. The Balaban J connectivity index is 2.56. The fourth-order valence-corrected chi connectivity index (χ4v) is 2.16. The third kappa shape index (κ3) is 2.35. The molecular weight excluding hydrogens is 258 g/mol. The first-order valence-electron chi connectivity index (χ1n) is 6.64. The molecule has 1 aromatic carbocycles. The van der Waals surface area contributed by atoms with E-state index in [1.54, 1.807) is 33.0 Å². The largest absolute Gasteiger partial charge is 0.490 e. The Morgan fingerprint density at radius 3 is 2.70 bits per heavy atom. The number of hydrogen-bond donors (Lipinski definition) is 0. The molecule has 2 rings (SSSR count). The smallest absolute Gasteiger partial charge is 0.270 e. The van der Waals surface area contributed by atoms with E-state index < -0.39 is 5.60 Å². The number of fused-ring (bicyclic) bond motifs is 1. The zero-order valence-corrected chi connectivity index (χ0v) is 12.2. The van der Waals surface area contributed by atoms with Gasteiger partial charge in [0, 0.05) is 12.6 Å². The van der Waals surface area contributed by atoms with Gasteiger partial charge in [0.25, 0.3) is 5.91 Å². The van der Waals surface area contributed by atoms with Gasteiger partial charge >= 0.3 is 0 Å². The summed E-state index contributed by atoms with van der Waals surface area (Å²) < 4.78 is 11.4. The Labute approximate surface area is 118 Å². The van der Waals surface area contributed by atoms with Gasteiger partial charge in [0.2, 0.25) is 0 Å². The lowest BCUT2D eigenvalue weighted by molar-refractivity contribution is -0.132. The summed E-state index contributed by atoms with van der Waals surface area (Å²) in [6.07, 6.45) is 1.58. The van der Waals surface area contributed by atoms with Gasteiger partial charge in [0.15, 0.2) is 17.1 Å². The molecule has 108 valence electrons. The van der Waals surface area contributed by atoms with Crippen molar-refractivity contribution in [1.29, 1.82) is 0 Å². The number of rotatable bonds is 4. The van der Waals surface area contributed by atoms with Gasteiger partial charge in [-0.05, 0) is 32.4 Å². The quantitative estimate of drug-likeness (QED) is 0.793. The van der Waals surface area contributed by atoms with E-state index in [9.17, 15) is 9.59 Å². The topological polar surface area (TPSA) is 55.8 Å². The van der Waals surface area contributed by atoms with Crippen LogP contribution < -0.4 is 14.4 Å². The fraction of sp³-hybridized carbons (Fsp3) is 0.467. The second-order valence-electron chi connectivity index (χ2n) is 5.31. The number of amides is 1. The molecule has 0 saturated carbocycles. The lowest BCUT2D eigenvalue weighted by Gasteiger charge is -2.37. The number of likely N-dealkylation sites (N-methyl/N-ethyl adjacent to an activating group) is 1. The van der Waals surface area contributed by atoms with E-state index in [1.807, 2.05) is 6.92 Å². The van der Waals surface area contributed by atoms with E-state index in [0.29, 0.717) is 29.4 Å². The molecule has 0 saturated heterocycles. The van der Waals surface area contributed by atoms with Crippen LogP contribution in [0.1, 0.15) is 37.6 Å². The Morgan fingerprint density at radius 1 is 1.40 bits per heavy atom. The maximum absolute atomic E-state index is 12.2. The number of carbonyl (C=O) groups is 2. The first-order valence-corrected chi connectivity index (χ1v) is 6.64. The van der Waals surface area contributed by atoms with Crippen LogP contribution in [-0.4, -0.2) is 31.4 Å². The van der Waals surface area contributed by atoms with Gasteiger partial charge in [-0.15, -0.1) is 0 Å². The van der Waals surface area contributed by atoms with Crippen molar-refractivity contribution in [1.82, 2.24) is 0 Å². The molecule has 1 aromatic rings. The van der Waals surface area contributed by atoms with Crippen LogP contribution in [0.25, 0.3) is 0 Å². The number of benzene rings is 1. The van der Waals surface area contributed by atoms with Crippen molar-refractivity contribution in [3.8, 4) is 11.5 Å². The first kappa shape index (κ1) is 14.4. The Bertz CT molecular complexity index is 551. The van der Waals surface area contributed by atoms with Crippen molar-refractivity contribution < 1.29 is 19.1 Å². The zero-order valence-electron chi connectivity index (χ0n) is 12.2. The molecule has 1 heterocycles. The van der Waals surface area contributed by atoms with Crippen molar-refractivity contribution in [2.24, 2.45) is 0 Å². The molecule has 5 nitrogen and oxygen atoms in total. The lowest BCUT2D eigenvalue weighted by Crippen LogP contribution is -2.51. The Morgan fingerprint density at radius 2 is 2.10 bits per heavy atom. The second-order valence-corrected chi connectivity index (χ2v) is 5.31. The third-order valence-electron chi connectivity index (χ3n) is 3.19. The van der Waals surface area contributed by atoms with Crippen LogP contribution in [0.3, 0.4) is 0 Å². The Hall–Kier alpha value is -2.04. The molecule has 0 unspecified atom stereocenters. The number of anilines is 1. The fourth-order valence-electron chi connectivity index (χ4n) is 2.16. The van der Waals surface area contributed by atoms with Gasteiger partial charge < -0.3 is 14.4 Å². The van der Waals surface area contributed by atoms with Crippen molar-refractivity contribution in [3.05, 3.63) is 17.7 Å². The van der Waals surface area contributed by atoms with Crippen LogP contribution >= 0.6 is 0 Å². The molecule has 0 N–H and O–H groups in total. The highest BCUT2D eigenvalue weighted by molar-refractivity contribution is 6.03. The summed E-state index contributed by atoms with van der Waals surface area (Å²) in [6, 6.07) is 3.27. The van der Waals surface area contributed by atoms with E-state index in [1.165, 1.54) is 4.90 Å². The zero-order chi connectivity index (χ0) is 14.9. The van der Waals surface area contributed by atoms with Gasteiger partial charge in [-0.25, -0.2) is 0 Å².